The van der Waals surface area contributed by atoms with Crippen molar-refractivity contribution in [3.63, 3.8) is 0 Å². The van der Waals surface area contributed by atoms with Gasteiger partial charge in [0.2, 0.25) is 0 Å². The zero-order chi connectivity index (χ0) is 17.6. The molecule has 1 aliphatic rings. The second kappa shape index (κ2) is 7.35. The highest BCUT2D eigenvalue weighted by molar-refractivity contribution is 7.99. The molecule has 0 spiro atoms. The van der Waals surface area contributed by atoms with Gasteiger partial charge in [-0.2, -0.15) is 13.2 Å². The van der Waals surface area contributed by atoms with Crippen LogP contribution in [0.25, 0.3) is 10.9 Å². The lowest BCUT2D eigenvalue weighted by atomic mass is 10.0. The van der Waals surface area contributed by atoms with E-state index in [4.69, 9.17) is 11.6 Å². The molecule has 0 bridgehead atoms. The molecule has 26 heavy (non-hydrogen) atoms. The van der Waals surface area contributed by atoms with Crippen molar-refractivity contribution in [3.8, 4) is 0 Å². The number of benzene rings is 2. The van der Waals surface area contributed by atoms with Gasteiger partial charge in [-0.1, -0.05) is 23.4 Å². The van der Waals surface area contributed by atoms with Gasteiger partial charge in [-0.05, 0) is 42.0 Å². The minimum absolute atomic E-state index is 0. The average Bonchev–Trinajstić information content (AvgIpc) is 2.96. The van der Waals surface area contributed by atoms with E-state index in [-0.39, 0.29) is 17.8 Å². The molecule has 0 amide bonds. The summed E-state index contributed by atoms with van der Waals surface area (Å²) in [6.07, 6.45) is -3.68. The summed E-state index contributed by atoms with van der Waals surface area (Å²) in [7, 11) is 0. The van der Waals surface area contributed by atoms with Crippen LogP contribution in [0.5, 0.6) is 0 Å². The molecule has 0 saturated heterocycles. The van der Waals surface area contributed by atoms with Gasteiger partial charge in [-0.3, -0.25) is 0 Å². The first-order valence-electron chi connectivity index (χ1n) is 7.81. The minimum Gasteiger partial charge on any atom is -0.357 e. The molecule has 1 aliphatic heterocycles. The monoisotopic (exact) mass is 418 g/mol. The smallest absolute Gasteiger partial charge is 0.357 e. The van der Waals surface area contributed by atoms with Gasteiger partial charge in [-0.25, -0.2) is 0 Å². The van der Waals surface area contributed by atoms with Gasteiger partial charge in [0.05, 0.1) is 11.1 Å². The molecule has 3 aromatic rings. The lowest BCUT2D eigenvalue weighted by Crippen LogP contribution is -2.23. The molecule has 2 heterocycles. The van der Waals surface area contributed by atoms with Crippen molar-refractivity contribution in [1.82, 2.24) is 10.3 Å². The highest BCUT2D eigenvalue weighted by Gasteiger charge is 2.35. The van der Waals surface area contributed by atoms with Crippen molar-refractivity contribution in [2.75, 3.05) is 6.54 Å². The Bertz CT molecular complexity index is 936. The van der Waals surface area contributed by atoms with E-state index in [1.807, 2.05) is 12.1 Å². The second-order valence-corrected chi connectivity index (χ2v) is 7.48. The highest BCUT2D eigenvalue weighted by atomic mass is 35.5. The molecular weight excluding hydrogens is 404 g/mol. The van der Waals surface area contributed by atoms with Crippen molar-refractivity contribution >= 4 is 46.7 Å². The summed E-state index contributed by atoms with van der Waals surface area (Å²) in [4.78, 5) is 4.95. The Labute approximate surface area is 163 Å². The van der Waals surface area contributed by atoms with E-state index in [0.29, 0.717) is 23.5 Å². The van der Waals surface area contributed by atoms with Gasteiger partial charge >= 0.3 is 6.18 Å². The SMILES string of the molecule is Cl.FC(F)(F)c1ccc(Sc2ccc(Cl)cc2)c2[nH]c3c(c12)CNCC3. The first-order valence-corrected chi connectivity index (χ1v) is 9.00. The van der Waals surface area contributed by atoms with Gasteiger partial charge < -0.3 is 10.3 Å². The molecule has 0 aliphatic carbocycles. The lowest BCUT2D eigenvalue weighted by molar-refractivity contribution is -0.136. The summed E-state index contributed by atoms with van der Waals surface area (Å²) in [5.74, 6) is 0. The number of fused-ring (bicyclic) bond motifs is 3. The number of hydrogen-bond acceptors (Lipinski definition) is 2. The van der Waals surface area contributed by atoms with E-state index in [1.165, 1.54) is 17.8 Å². The standard InChI is InChI=1S/C18H14ClF3N2S.ClH/c19-10-1-3-11(4-2-10)25-15-6-5-13(18(20,21)22)16-12-9-23-8-7-14(12)24-17(15)16;/h1-6,23-24H,7-9H2;1H. The van der Waals surface area contributed by atoms with Crippen LogP contribution in [0.2, 0.25) is 5.02 Å². The predicted octanol–water partition coefficient (Wildman–Crippen LogP) is 6.06. The van der Waals surface area contributed by atoms with Crippen molar-refractivity contribution in [2.45, 2.75) is 28.9 Å². The first kappa shape index (κ1) is 19.4. The van der Waals surface area contributed by atoms with Crippen LogP contribution in [0, 0.1) is 0 Å². The van der Waals surface area contributed by atoms with Crippen LogP contribution in [0.15, 0.2) is 46.2 Å². The summed E-state index contributed by atoms with van der Waals surface area (Å²) in [5.41, 5.74) is 1.60. The number of alkyl halides is 3. The first-order chi connectivity index (χ1) is 11.9. The van der Waals surface area contributed by atoms with E-state index in [0.717, 1.165) is 27.6 Å². The maximum atomic E-state index is 13.5. The fraction of sp³-hybridized carbons (Fsp3) is 0.222. The molecule has 2 aromatic carbocycles. The molecular formula is C18H15Cl2F3N2S. The number of nitrogens with one attached hydrogen (secondary N) is 2. The number of halogens is 5. The molecule has 1 aromatic heterocycles. The Hall–Kier alpha value is -1.34. The summed E-state index contributed by atoms with van der Waals surface area (Å²) >= 11 is 7.33. The maximum Gasteiger partial charge on any atom is 0.417 e. The van der Waals surface area contributed by atoms with Crippen LogP contribution in [0.1, 0.15) is 16.8 Å². The molecule has 8 heteroatoms. The molecule has 0 atom stereocenters. The Morgan fingerprint density at radius 1 is 1.04 bits per heavy atom. The van der Waals surface area contributed by atoms with Crippen molar-refractivity contribution in [2.24, 2.45) is 0 Å². The number of aromatic amines is 1. The van der Waals surface area contributed by atoms with Gasteiger partial charge in [0.25, 0.3) is 0 Å². The van der Waals surface area contributed by atoms with E-state index >= 15 is 0 Å². The minimum atomic E-state index is -4.38. The van der Waals surface area contributed by atoms with Crippen LogP contribution in [0.3, 0.4) is 0 Å². The largest absolute Gasteiger partial charge is 0.417 e. The Morgan fingerprint density at radius 3 is 2.46 bits per heavy atom. The number of rotatable bonds is 2. The van der Waals surface area contributed by atoms with E-state index in [9.17, 15) is 13.2 Å². The molecule has 4 rings (SSSR count). The highest BCUT2D eigenvalue weighted by Crippen LogP contribution is 2.43. The number of aromatic nitrogens is 1. The molecule has 0 fully saturated rings. The lowest BCUT2D eigenvalue weighted by Gasteiger charge is -2.15. The Morgan fingerprint density at radius 2 is 1.77 bits per heavy atom. The molecule has 0 saturated carbocycles. The Kier molecular flexibility index (Phi) is 5.49. The van der Waals surface area contributed by atoms with Crippen LogP contribution in [-0.2, 0) is 19.1 Å². The zero-order valence-electron chi connectivity index (χ0n) is 13.4. The van der Waals surface area contributed by atoms with Gasteiger partial charge in [0.15, 0.2) is 0 Å². The third-order valence-electron chi connectivity index (χ3n) is 4.31. The normalized spacial score (nSPS) is 14.2. The van der Waals surface area contributed by atoms with Crippen LogP contribution in [-0.4, -0.2) is 11.5 Å². The molecule has 0 unspecified atom stereocenters. The fourth-order valence-corrected chi connectivity index (χ4v) is 4.23. The van der Waals surface area contributed by atoms with Crippen LogP contribution >= 0.6 is 35.8 Å². The number of hydrogen-bond donors (Lipinski definition) is 2. The van der Waals surface area contributed by atoms with Crippen LogP contribution < -0.4 is 5.32 Å². The molecule has 0 radical (unpaired) electrons. The van der Waals surface area contributed by atoms with E-state index < -0.39 is 11.7 Å². The molecule has 2 nitrogen and oxygen atoms in total. The topological polar surface area (TPSA) is 27.8 Å². The molecule has 2 N–H and O–H groups in total. The summed E-state index contributed by atoms with van der Waals surface area (Å²) in [6.45, 7) is 1.22. The van der Waals surface area contributed by atoms with Gasteiger partial charge in [0, 0.05) is 45.4 Å². The second-order valence-electron chi connectivity index (χ2n) is 5.92. The quantitative estimate of drug-likeness (QED) is 0.529. The molecule has 138 valence electrons. The fourth-order valence-electron chi connectivity index (χ4n) is 3.18. The number of H-pyrrole nitrogens is 1. The Balaban J connectivity index is 0.00000196. The van der Waals surface area contributed by atoms with E-state index in [2.05, 4.69) is 10.3 Å². The predicted molar refractivity (Wildman–Crippen MR) is 102 cm³/mol. The van der Waals surface area contributed by atoms with Crippen molar-refractivity contribution < 1.29 is 13.2 Å². The van der Waals surface area contributed by atoms with Gasteiger partial charge in [-0.15, -0.1) is 12.4 Å². The maximum absolute atomic E-state index is 13.5. The van der Waals surface area contributed by atoms with E-state index in [1.54, 1.807) is 18.2 Å². The average molecular weight is 419 g/mol. The van der Waals surface area contributed by atoms with Crippen molar-refractivity contribution in [3.05, 3.63) is 58.2 Å². The van der Waals surface area contributed by atoms with Crippen molar-refractivity contribution in [1.29, 1.82) is 0 Å². The van der Waals surface area contributed by atoms with Gasteiger partial charge in [0.1, 0.15) is 0 Å². The summed E-state index contributed by atoms with van der Waals surface area (Å²) in [5, 5.41) is 4.08. The summed E-state index contributed by atoms with van der Waals surface area (Å²) in [6, 6.07) is 9.99. The third kappa shape index (κ3) is 3.56. The zero-order valence-corrected chi connectivity index (χ0v) is 15.8. The third-order valence-corrected chi connectivity index (χ3v) is 5.63. The van der Waals surface area contributed by atoms with Crippen LogP contribution in [0.4, 0.5) is 13.2 Å². The summed E-state index contributed by atoms with van der Waals surface area (Å²) < 4.78 is 40.5.